The van der Waals surface area contributed by atoms with Gasteiger partial charge in [0.15, 0.2) is 0 Å². The van der Waals surface area contributed by atoms with E-state index in [1.807, 2.05) is 32.9 Å². The monoisotopic (exact) mass is 504 g/mol. The van der Waals surface area contributed by atoms with Gasteiger partial charge in [-0.3, -0.25) is 4.79 Å². The van der Waals surface area contributed by atoms with Crippen LogP contribution >= 0.6 is 0 Å². The molecule has 0 aliphatic carbocycles. The van der Waals surface area contributed by atoms with E-state index in [9.17, 15) is 15.0 Å². The molecular formula is C31H52O5. The molecule has 2 N–H and O–H groups in total. The number of cyclic esters (lactones) is 1. The summed E-state index contributed by atoms with van der Waals surface area (Å²) in [7, 11) is 0. The first kappa shape index (κ1) is 30.8. The van der Waals surface area contributed by atoms with E-state index in [1.54, 1.807) is 13.0 Å². The molecule has 0 aromatic heterocycles. The maximum Gasteiger partial charge on any atom is 0.306 e. The van der Waals surface area contributed by atoms with Crippen molar-refractivity contribution in [1.29, 1.82) is 0 Å². The number of allylic oxidation sites excluding steroid dienone is 3. The lowest BCUT2D eigenvalue weighted by Gasteiger charge is -2.30. The lowest BCUT2D eigenvalue weighted by molar-refractivity contribution is -0.150. The molecule has 206 valence electrons. The van der Waals surface area contributed by atoms with Gasteiger partial charge in [-0.25, -0.2) is 0 Å². The van der Waals surface area contributed by atoms with Crippen molar-refractivity contribution in [2.45, 2.75) is 124 Å². The number of carbonyl (C=O) groups excluding carboxylic acids is 1. The Kier molecular flexibility index (Phi) is 11.0. The molecule has 36 heavy (non-hydrogen) atoms. The van der Waals surface area contributed by atoms with Crippen LogP contribution in [0.4, 0.5) is 0 Å². The average Bonchev–Trinajstić information content (AvgIpc) is 3.55. The molecule has 0 radical (unpaired) electrons. The van der Waals surface area contributed by atoms with E-state index in [4.69, 9.17) is 9.47 Å². The fourth-order valence-electron chi connectivity index (χ4n) is 5.09. The lowest BCUT2D eigenvalue weighted by atomic mass is 9.83. The van der Waals surface area contributed by atoms with Crippen LogP contribution < -0.4 is 0 Å². The fraction of sp³-hybridized carbons (Fsp3) is 0.774. The second-order valence-corrected chi connectivity index (χ2v) is 12.7. The van der Waals surface area contributed by atoms with Gasteiger partial charge < -0.3 is 19.7 Å². The first-order valence-corrected chi connectivity index (χ1v) is 14.0. The number of epoxide rings is 1. The summed E-state index contributed by atoms with van der Waals surface area (Å²) >= 11 is 0. The number of rotatable bonds is 8. The normalized spacial score (nSPS) is 37.5. The molecule has 0 aromatic carbocycles. The molecule has 2 aliphatic rings. The summed E-state index contributed by atoms with van der Waals surface area (Å²) in [6.45, 7) is 18.9. The molecule has 1 saturated heterocycles. The van der Waals surface area contributed by atoms with Crippen LogP contribution in [0.15, 0.2) is 36.0 Å². The summed E-state index contributed by atoms with van der Waals surface area (Å²) < 4.78 is 12.0. The zero-order chi connectivity index (χ0) is 27.3. The number of aliphatic hydroxyl groups excluding tert-OH is 1. The van der Waals surface area contributed by atoms with Gasteiger partial charge in [0, 0.05) is 12.3 Å². The Hall–Kier alpha value is -1.43. The molecule has 0 saturated carbocycles. The summed E-state index contributed by atoms with van der Waals surface area (Å²) in [6.07, 6.45) is 12.6. The van der Waals surface area contributed by atoms with E-state index >= 15 is 0 Å². The minimum Gasteiger partial charge on any atom is -0.457 e. The first-order chi connectivity index (χ1) is 16.7. The van der Waals surface area contributed by atoms with Gasteiger partial charge >= 0.3 is 5.97 Å². The smallest absolute Gasteiger partial charge is 0.306 e. The number of esters is 1. The standard InChI is InChI=1S/C31H52O5/c1-10-21(3)24(6)29-25(35-29)19-30(7,8)16-11-12-22(4)28-23(5)13-14-26(32)31(9,34)17-15-20(2)18-27(33)36-28/h11-14,16,20-21,23-26,28-29,32,34H,10,15,17-19H2,1-9H3/b14-13+,16-11+,22-12+. The zero-order valence-electron chi connectivity index (χ0n) is 24.2. The van der Waals surface area contributed by atoms with Crippen molar-refractivity contribution in [3.63, 3.8) is 0 Å². The van der Waals surface area contributed by atoms with Gasteiger partial charge in [-0.1, -0.05) is 85.3 Å². The van der Waals surface area contributed by atoms with Crippen LogP contribution in [-0.2, 0) is 14.3 Å². The molecule has 5 heteroatoms. The minimum absolute atomic E-state index is 0.00874. The second-order valence-electron chi connectivity index (χ2n) is 12.7. The van der Waals surface area contributed by atoms with Crippen molar-refractivity contribution >= 4 is 5.97 Å². The van der Waals surface area contributed by atoms with Gasteiger partial charge in [0.25, 0.3) is 0 Å². The molecule has 0 amide bonds. The maximum absolute atomic E-state index is 12.7. The van der Waals surface area contributed by atoms with E-state index in [2.05, 4.69) is 46.8 Å². The van der Waals surface area contributed by atoms with Crippen LogP contribution in [0.25, 0.3) is 0 Å². The molecule has 9 atom stereocenters. The Morgan fingerprint density at radius 2 is 1.94 bits per heavy atom. The van der Waals surface area contributed by atoms with Gasteiger partial charge in [0.05, 0.1) is 17.8 Å². The van der Waals surface area contributed by atoms with Crippen molar-refractivity contribution in [3.05, 3.63) is 36.0 Å². The van der Waals surface area contributed by atoms with Gasteiger partial charge in [0.1, 0.15) is 12.2 Å². The van der Waals surface area contributed by atoms with Gasteiger partial charge in [0.2, 0.25) is 0 Å². The van der Waals surface area contributed by atoms with Gasteiger partial charge in [-0.15, -0.1) is 0 Å². The number of hydrogen-bond donors (Lipinski definition) is 2. The number of aliphatic hydroxyl groups is 2. The molecule has 0 bridgehead atoms. The Bertz CT molecular complexity index is 808. The van der Waals surface area contributed by atoms with Crippen molar-refractivity contribution in [2.24, 2.45) is 29.1 Å². The Labute approximate surface area is 220 Å². The fourth-order valence-corrected chi connectivity index (χ4v) is 5.09. The lowest BCUT2D eigenvalue weighted by Crippen LogP contribution is -2.39. The number of carbonyl (C=O) groups is 1. The second kappa shape index (κ2) is 12.9. The minimum atomic E-state index is -1.22. The molecule has 1 fully saturated rings. The molecule has 2 rings (SSSR count). The first-order valence-electron chi connectivity index (χ1n) is 14.0. The zero-order valence-corrected chi connectivity index (χ0v) is 24.2. The van der Waals surface area contributed by atoms with Crippen LogP contribution in [-0.4, -0.2) is 46.2 Å². The average molecular weight is 505 g/mol. The van der Waals surface area contributed by atoms with Crippen LogP contribution in [0.2, 0.25) is 0 Å². The molecule has 5 nitrogen and oxygen atoms in total. The van der Waals surface area contributed by atoms with Crippen molar-refractivity contribution < 1.29 is 24.5 Å². The van der Waals surface area contributed by atoms with E-state index in [1.165, 1.54) is 6.42 Å². The summed E-state index contributed by atoms with van der Waals surface area (Å²) in [6, 6.07) is 0. The molecular weight excluding hydrogens is 452 g/mol. The SMILES string of the molecule is CCC(C)C(C)C1OC1CC(C)(C)/C=C/C=C(\C)C1OC(=O)CC(C)CCC(C)(O)C(O)/C=C/C1C. The van der Waals surface area contributed by atoms with Crippen LogP contribution in [0.1, 0.15) is 94.4 Å². The molecule has 2 aliphatic heterocycles. The topological polar surface area (TPSA) is 79.3 Å². The van der Waals surface area contributed by atoms with Crippen molar-refractivity contribution in [2.75, 3.05) is 0 Å². The summed E-state index contributed by atoms with van der Waals surface area (Å²) in [4.78, 5) is 12.7. The Morgan fingerprint density at radius 3 is 2.58 bits per heavy atom. The number of ether oxygens (including phenoxy) is 2. The molecule has 9 unspecified atom stereocenters. The van der Waals surface area contributed by atoms with Crippen molar-refractivity contribution in [1.82, 2.24) is 0 Å². The quantitative estimate of drug-likeness (QED) is 0.173. The van der Waals surface area contributed by atoms with Crippen LogP contribution in [0, 0.1) is 29.1 Å². The number of hydrogen-bond acceptors (Lipinski definition) is 5. The van der Waals surface area contributed by atoms with Gasteiger partial charge in [-0.2, -0.15) is 0 Å². The highest BCUT2D eigenvalue weighted by Crippen LogP contribution is 2.41. The third-order valence-electron chi connectivity index (χ3n) is 8.39. The van der Waals surface area contributed by atoms with Gasteiger partial charge in [-0.05, 0) is 61.9 Å². The van der Waals surface area contributed by atoms with Crippen LogP contribution in [0.5, 0.6) is 0 Å². The predicted octanol–water partition coefficient (Wildman–Crippen LogP) is 6.39. The van der Waals surface area contributed by atoms with E-state index in [-0.39, 0.29) is 23.2 Å². The Balaban J connectivity index is 2.10. The highest BCUT2D eigenvalue weighted by molar-refractivity contribution is 5.70. The maximum atomic E-state index is 12.7. The third kappa shape index (κ3) is 9.15. The third-order valence-corrected chi connectivity index (χ3v) is 8.39. The molecule has 2 heterocycles. The highest BCUT2D eigenvalue weighted by atomic mass is 16.6. The summed E-state index contributed by atoms with van der Waals surface area (Å²) in [5.74, 6) is 0.950. The van der Waals surface area contributed by atoms with Crippen molar-refractivity contribution in [3.8, 4) is 0 Å². The largest absolute Gasteiger partial charge is 0.457 e. The van der Waals surface area contributed by atoms with E-state index in [0.717, 1.165) is 12.0 Å². The summed E-state index contributed by atoms with van der Waals surface area (Å²) in [5, 5.41) is 21.2. The molecule has 0 aromatic rings. The summed E-state index contributed by atoms with van der Waals surface area (Å²) in [5.41, 5.74) is -0.283. The highest BCUT2D eigenvalue weighted by Gasteiger charge is 2.46. The molecule has 0 spiro atoms. The predicted molar refractivity (Wildman–Crippen MR) is 146 cm³/mol. The Morgan fingerprint density at radius 1 is 1.28 bits per heavy atom. The van der Waals surface area contributed by atoms with E-state index < -0.39 is 17.8 Å². The van der Waals surface area contributed by atoms with E-state index in [0.29, 0.717) is 43.3 Å². The van der Waals surface area contributed by atoms with Crippen LogP contribution in [0.3, 0.4) is 0 Å².